The highest BCUT2D eigenvalue weighted by atomic mass is 14.6. The summed E-state index contributed by atoms with van der Waals surface area (Å²) in [6, 6.07) is 2.20. The molecule has 0 amide bonds. The van der Waals surface area contributed by atoms with Crippen LogP contribution in [0.25, 0.3) is 4.85 Å². The number of rotatable bonds is 14. The Balaban J connectivity index is 2.92. The molecule has 0 aliphatic heterocycles. The summed E-state index contributed by atoms with van der Waals surface area (Å²) in [5.74, 6) is 0. The van der Waals surface area contributed by atoms with Crippen LogP contribution in [0.3, 0.4) is 0 Å². The summed E-state index contributed by atoms with van der Waals surface area (Å²) in [5.41, 5.74) is 0. The van der Waals surface area contributed by atoms with Crippen molar-refractivity contribution in [3.8, 4) is 6.07 Å². The van der Waals surface area contributed by atoms with Crippen molar-refractivity contribution in [2.24, 2.45) is 0 Å². The molecule has 0 aromatic rings. The first kappa shape index (κ1) is 18.0. The standard InChI is InChI=1S/C17H30N2/c1-19-17-15-13-11-9-7-5-3-2-4-6-8-10-12-14-16-18/h2-15,17H2. The van der Waals surface area contributed by atoms with Crippen LogP contribution in [0.15, 0.2) is 0 Å². The highest BCUT2D eigenvalue weighted by Crippen LogP contribution is 2.12. The molecule has 0 atom stereocenters. The third kappa shape index (κ3) is 17.0. The van der Waals surface area contributed by atoms with Crippen molar-refractivity contribution < 1.29 is 0 Å². The Morgan fingerprint density at radius 2 is 1.00 bits per heavy atom. The van der Waals surface area contributed by atoms with Crippen molar-refractivity contribution in [1.29, 1.82) is 5.26 Å². The lowest BCUT2D eigenvalue weighted by molar-refractivity contribution is 0.540. The molecule has 0 saturated heterocycles. The van der Waals surface area contributed by atoms with Crippen molar-refractivity contribution >= 4 is 0 Å². The molecule has 2 heteroatoms. The van der Waals surface area contributed by atoms with Gasteiger partial charge >= 0.3 is 0 Å². The van der Waals surface area contributed by atoms with Crippen molar-refractivity contribution in [2.45, 2.75) is 89.9 Å². The lowest BCUT2D eigenvalue weighted by Gasteiger charge is -2.02. The SMILES string of the molecule is [C-]#[N+]CCCCCCCCCCCCCCCC#N. The molecule has 19 heavy (non-hydrogen) atoms. The Morgan fingerprint density at radius 3 is 1.37 bits per heavy atom. The van der Waals surface area contributed by atoms with Gasteiger partial charge in [-0.25, -0.2) is 6.57 Å². The predicted octanol–water partition coefficient (Wildman–Crippen LogP) is 5.89. The third-order valence-electron chi connectivity index (χ3n) is 3.56. The summed E-state index contributed by atoms with van der Waals surface area (Å²) in [7, 11) is 0. The van der Waals surface area contributed by atoms with Crippen LogP contribution in [0.1, 0.15) is 89.9 Å². The molecule has 0 spiro atoms. The van der Waals surface area contributed by atoms with Crippen LogP contribution in [0.4, 0.5) is 0 Å². The molecule has 0 aromatic heterocycles. The molecule has 0 rings (SSSR count). The van der Waals surface area contributed by atoms with Gasteiger partial charge in [0, 0.05) is 12.8 Å². The number of nitriles is 1. The zero-order valence-corrected chi connectivity index (χ0v) is 12.5. The van der Waals surface area contributed by atoms with E-state index in [1.807, 2.05) is 0 Å². The summed E-state index contributed by atoms with van der Waals surface area (Å²) >= 11 is 0. The van der Waals surface area contributed by atoms with Gasteiger partial charge in [-0.15, -0.1) is 0 Å². The minimum atomic E-state index is 0.717. The largest absolute Gasteiger partial charge is 0.317 e. The van der Waals surface area contributed by atoms with Crippen LogP contribution in [0, 0.1) is 17.9 Å². The molecule has 0 unspecified atom stereocenters. The summed E-state index contributed by atoms with van der Waals surface area (Å²) in [4.78, 5) is 3.37. The number of unbranched alkanes of at least 4 members (excludes halogenated alkanes) is 13. The molecule has 0 heterocycles. The van der Waals surface area contributed by atoms with Crippen LogP contribution in [0.2, 0.25) is 0 Å². The van der Waals surface area contributed by atoms with Gasteiger partial charge in [0.05, 0.1) is 6.07 Å². The van der Waals surface area contributed by atoms with Gasteiger partial charge in [-0.05, 0) is 12.8 Å². The van der Waals surface area contributed by atoms with E-state index in [2.05, 4.69) is 10.9 Å². The average Bonchev–Trinajstić information content (AvgIpc) is 2.43. The predicted molar refractivity (Wildman–Crippen MR) is 81.7 cm³/mol. The van der Waals surface area contributed by atoms with Crippen molar-refractivity contribution in [1.82, 2.24) is 0 Å². The van der Waals surface area contributed by atoms with Crippen LogP contribution in [0.5, 0.6) is 0 Å². The Labute approximate surface area is 120 Å². The van der Waals surface area contributed by atoms with Crippen molar-refractivity contribution in [3.05, 3.63) is 11.4 Å². The van der Waals surface area contributed by atoms with Crippen molar-refractivity contribution in [3.63, 3.8) is 0 Å². The maximum absolute atomic E-state index is 8.41. The topological polar surface area (TPSA) is 28.1 Å². The summed E-state index contributed by atoms with van der Waals surface area (Å²) < 4.78 is 0. The highest BCUT2D eigenvalue weighted by molar-refractivity contribution is 4.67. The fraction of sp³-hybridized carbons (Fsp3) is 0.882. The van der Waals surface area contributed by atoms with E-state index in [-0.39, 0.29) is 0 Å². The van der Waals surface area contributed by atoms with Gasteiger partial charge in [0.15, 0.2) is 0 Å². The molecule has 0 aromatic carbocycles. The molecule has 2 nitrogen and oxygen atoms in total. The molecule has 108 valence electrons. The Bertz CT molecular complexity index is 221. The maximum Gasteiger partial charge on any atom is 0.214 e. The van der Waals surface area contributed by atoms with Gasteiger partial charge < -0.3 is 4.85 Å². The second-order valence-electron chi connectivity index (χ2n) is 5.39. The molecule has 0 saturated carbocycles. The van der Waals surface area contributed by atoms with E-state index in [4.69, 9.17) is 11.8 Å². The zero-order valence-electron chi connectivity index (χ0n) is 12.5. The summed E-state index contributed by atoms with van der Waals surface area (Å²) in [6.07, 6.45) is 17.6. The average molecular weight is 262 g/mol. The van der Waals surface area contributed by atoms with E-state index in [0.29, 0.717) is 6.54 Å². The molecular formula is C17H30N2. The van der Waals surface area contributed by atoms with Gasteiger partial charge in [0.1, 0.15) is 0 Å². The van der Waals surface area contributed by atoms with Gasteiger partial charge in [-0.2, -0.15) is 5.26 Å². The lowest BCUT2D eigenvalue weighted by atomic mass is 10.0. The van der Waals surface area contributed by atoms with Gasteiger partial charge in [-0.1, -0.05) is 64.2 Å². The molecule has 0 N–H and O–H groups in total. The smallest absolute Gasteiger partial charge is 0.214 e. The first-order valence-electron chi connectivity index (χ1n) is 8.12. The van der Waals surface area contributed by atoms with E-state index in [1.54, 1.807) is 0 Å². The molecule has 0 aliphatic rings. The zero-order chi connectivity index (χ0) is 14.0. The minimum absolute atomic E-state index is 0.717. The molecule has 0 fully saturated rings. The van der Waals surface area contributed by atoms with Crippen LogP contribution in [-0.2, 0) is 0 Å². The van der Waals surface area contributed by atoms with E-state index in [9.17, 15) is 0 Å². The number of hydrogen-bond acceptors (Lipinski definition) is 1. The molecule has 0 aliphatic carbocycles. The quantitative estimate of drug-likeness (QED) is 0.283. The Hall–Kier alpha value is -1.02. The fourth-order valence-electron chi connectivity index (χ4n) is 2.34. The molecular weight excluding hydrogens is 232 g/mol. The fourth-order valence-corrected chi connectivity index (χ4v) is 2.34. The summed E-state index contributed by atoms with van der Waals surface area (Å²) in [5, 5.41) is 8.41. The summed E-state index contributed by atoms with van der Waals surface area (Å²) in [6.45, 7) is 7.40. The lowest BCUT2D eigenvalue weighted by Crippen LogP contribution is -1.84. The van der Waals surface area contributed by atoms with Gasteiger partial charge in [0.2, 0.25) is 6.54 Å². The van der Waals surface area contributed by atoms with E-state index >= 15 is 0 Å². The first-order valence-corrected chi connectivity index (χ1v) is 8.12. The second-order valence-corrected chi connectivity index (χ2v) is 5.39. The van der Waals surface area contributed by atoms with E-state index < -0.39 is 0 Å². The van der Waals surface area contributed by atoms with Gasteiger partial charge in [-0.3, -0.25) is 0 Å². The van der Waals surface area contributed by atoms with E-state index in [1.165, 1.54) is 70.6 Å². The van der Waals surface area contributed by atoms with Crippen molar-refractivity contribution in [2.75, 3.05) is 6.54 Å². The van der Waals surface area contributed by atoms with Crippen LogP contribution in [-0.4, -0.2) is 6.54 Å². The van der Waals surface area contributed by atoms with Gasteiger partial charge in [0.25, 0.3) is 0 Å². The van der Waals surface area contributed by atoms with E-state index in [0.717, 1.165) is 19.3 Å². The highest BCUT2D eigenvalue weighted by Gasteiger charge is 1.94. The second kappa shape index (κ2) is 17.0. The monoisotopic (exact) mass is 262 g/mol. The molecule has 0 radical (unpaired) electrons. The van der Waals surface area contributed by atoms with Crippen LogP contribution >= 0.6 is 0 Å². The first-order chi connectivity index (χ1) is 9.41. The Kier molecular flexibility index (Phi) is 16.1. The number of nitrogens with zero attached hydrogens (tertiary/aromatic N) is 2. The molecule has 0 bridgehead atoms. The maximum atomic E-state index is 8.41. The third-order valence-corrected chi connectivity index (χ3v) is 3.56. The number of hydrogen-bond donors (Lipinski definition) is 0. The normalized spacial score (nSPS) is 10.0. The Morgan fingerprint density at radius 1 is 0.632 bits per heavy atom. The minimum Gasteiger partial charge on any atom is -0.317 e. The van der Waals surface area contributed by atoms with Crippen LogP contribution < -0.4 is 0 Å².